The molecule has 19 heavy (non-hydrogen) atoms. The van der Waals surface area contributed by atoms with Gasteiger partial charge < -0.3 is 14.7 Å². The van der Waals surface area contributed by atoms with Crippen molar-refractivity contribution in [2.24, 2.45) is 5.92 Å². The second-order valence-corrected chi connectivity index (χ2v) is 4.62. The van der Waals surface area contributed by atoms with Crippen LogP contribution in [0.15, 0.2) is 24.5 Å². The molecule has 6 nitrogen and oxygen atoms in total. The fourth-order valence-electron chi connectivity index (χ4n) is 2.06. The summed E-state index contributed by atoms with van der Waals surface area (Å²) in [5.41, 5.74) is 0.929. The maximum absolute atomic E-state index is 11.6. The lowest BCUT2D eigenvalue weighted by molar-refractivity contribution is -0.137. The van der Waals surface area contributed by atoms with Crippen molar-refractivity contribution in [3.63, 3.8) is 0 Å². The third-order valence-corrected chi connectivity index (χ3v) is 3.04. The minimum atomic E-state index is -0.823. The number of cyclic esters (lactones) is 1. The molecule has 1 atom stereocenters. The first kappa shape index (κ1) is 13.3. The van der Waals surface area contributed by atoms with Crippen molar-refractivity contribution in [1.82, 2.24) is 9.88 Å². The number of amides is 1. The number of ether oxygens (including phenoxy) is 1. The first-order chi connectivity index (χ1) is 9.15. The molecule has 1 aromatic heterocycles. The number of hydrogen-bond donors (Lipinski definition) is 1. The van der Waals surface area contributed by atoms with Crippen LogP contribution in [0.3, 0.4) is 0 Å². The summed E-state index contributed by atoms with van der Waals surface area (Å²) in [6.07, 6.45) is 3.65. The molecule has 2 heterocycles. The molecule has 1 saturated heterocycles. The van der Waals surface area contributed by atoms with Gasteiger partial charge in [0, 0.05) is 31.3 Å². The largest absolute Gasteiger partial charge is 0.481 e. The number of hydrogen-bond acceptors (Lipinski definition) is 4. The molecule has 1 aliphatic rings. The molecule has 0 aliphatic carbocycles. The number of nitrogens with zero attached hydrogens (tertiary/aromatic N) is 2. The summed E-state index contributed by atoms with van der Waals surface area (Å²) in [5, 5.41) is 8.67. The van der Waals surface area contributed by atoms with Gasteiger partial charge in [0.15, 0.2) is 0 Å². The number of pyridine rings is 1. The smallest absolute Gasteiger partial charge is 0.410 e. The Labute approximate surface area is 111 Å². The fraction of sp³-hybridized carbons (Fsp3) is 0.462. The predicted octanol–water partition coefficient (Wildman–Crippen LogP) is 1.51. The molecular weight excluding hydrogens is 248 g/mol. The fourth-order valence-corrected chi connectivity index (χ4v) is 2.06. The summed E-state index contributed by atoms with van der Waals surface area (Å²) >= 11 is 0. The molecular formula is C13H16N2O4. The van der Waals surface area contributed by atoms with Gasteiger partial charge in [-0.05, 0) is 18.1 Å². The Hall–Kier alpha value is -2.11. The number of carbonyl (C=O) groups excluding carboxylic acids is 1. The molecule has 0 radical (unpaired) electrons. The van der Waals surface area contributed by atoms with Gasteiger partial charge in [0.2, 0.25) is 0 Å². The lowest BCUT2D eigenvalue weighted by Crippen LogP contribution is -2.42. The average Bonchev–Trinajstić information content (AvgIpc) is 2.41. The Morgan fingerprint density at radius 2 is 2.42 bits per heavy atom. The molecule has 0 saturated carbocycles. The molecule has 1 aromatic rings. The van der Waals surface area contributed by atoms with Gasteiger partial charge in [0.1, 0.15) is 0 Å². The molecule has 2 rings (SSSR count). The Balaban J connectivity index is 1.91. The number of rotatable bonds is 5. The van der Waals surface area contributed by atoms with E-state index in [-0.39, 0.29) is 18.4 Å². The first-order valence-corrected chi connectivity index (χ1v) is 6.17. The Morgan fingerprint density at radius 3 is 3.11 bits per heavy atom. The quantitative estimate of drug-likeness (QED) is 0.872. The summed E-state index contributed by atoms with van der Waals surface area (Å²) in [5.74, 6) is -0.749. The van der Waals surface area contributed by atoms with Crippen molar-refractivity contribution in [2.45, 2.75) is 19.4 Å². The van der Waals surface area contributed by atoms with Gasteiger partial charge in [-0.1, -0.05) is 6.07 Å². The zero-order valence-electron chi connectivity index (χ0n) is 10.5. The van der Waals surface area contributed by atoms with E-state index in [4.69, 9.17) is 9.84 Å². The van der Waals surface area contributed by atoms with Crippen LogP contribution in [0.2, 0.25) is 0 Å². The average molecular weight is 264 g/mol. The second kappa shape index (κ2) is 6.17. The molecule has 1 amide bonds. The van der Waals surface area contributed by atoms with Crippen LogP contribution in [0.4, 0.5) is 4.79 Å². The molecule has 1 fully saturated rings. The molecule has 0 bridgehead atoms. The minimum Gasteiger partial charge on any atom is -0.481 e. The molecule has 0 spiro atoms. The van der Waals surface area contributed by atoms with Crippen molar-refractivity contribution in [3.8, 4) is 0 Å². The zero-order chi connectivity index (χ0) is 13.7. The third-order valence-electron chi connectivity index (χ3n) is 3.04. The molecule has 1 aliphatic heterocycles. The topological polar surface area (TPSA) is 79.7 Å². The van der Waals surface area contributed by atoms with E-state index in [0.717, 1.165) is 5.56 Å². The molecule has 1 N–H and O–H groups in total. The van der Waals surface area contributed by atoms with Crippen molar-refractivity contribution in [1.29, 1.82) is 0 Å². The minimum absolute atomic E-state index is 0.0745. The van der Waals surface area contributed by atoms with E-state index >= 15 is 0 Å². The summed E-state index contributed by atoms with van der Waals surface area (Å²) < 4.78 is 5.08. The second-order valence-electron chi connectivity index (χ2n) is 4.62. The Bertz CT molecular complexity index is 449. The lowest BCUT2D eigenvalue weighted by atomic mass is 10.0. The number of carboxylic acid groups (broad SMARTS) is 1. The SMILES string of the molecule is O=C(O)CCC1COC(=O)N(Cc2cccnc2)C1. The van der Waals surface area contributed by atoms with E-state index in [0.29, 0.717) is 26.1 Å². The van der Waals surface area contributed by atoms with E-state index in [1.165, 1.54) is 0 Å². The van der Waals surface area contributed by atoms with E-state index in [1.54, 1.807) is 17.3 Å². The van der Waals surface area contributed by atoms with Crippen LogP contribution in [-0.2, 0) is 16.1 Å². The van der Waals surface area contributed by atoms with Crippen molar-refractivity contribution in [3.05, 3.63) is 30.1 Å². The van der Waals surface area contributed by atoms with Gasteiger partial charge in [-0.2, -0.15) is 0 Å². The van der Waals surface area contributed by atoms with Crippen LogP contribution in [-0.4, -0.2) is 40.2 Å². The van der Waals surface area contributed by atoms with E-state index in [1.807, 2.05) is 12.1 Å². The van der Waals surface area contributed by atoms with Crippen molar-refractivity contribution < 1.29 is 19.4 Å². The van der Waals surface area contributed by atoms with Gasteiger partial charge in [0.05, 0.1) is 13.2 Å². The zero-order valence-corrected chi connectivity index (χ0v) is 10.5. The van der Waals surface area contributed by atoms with Gasteiger partial charge in [0.25, 0.3) is 0 Å². The normalized spacial score (nSPS) is 19.1. The maximum Gasteiger partial charge on any atom is 0.410 e. The Morgan fingerprint density at radius 1 is 1.58 bits per heavy atom. The summed E-state index contributed by atoms with van der Waals surface area (Å²) in [6.45, 7) is 1.27. The van der Waals surface area contributed by atoms with Crippen LogP contribution in [0, 0.1) is 5.92 Å². The van der Waals surface area contributed by atoms with Gasteiger partial charge in [-0.25, -0.2) is 4.79 Å². The summed E-state index contributed by atoms with van der Waals surface area (Å²) in [6, 6.07) is 3.70. The number of carboxylic acids is 1. The van der Waals surface area contributed by atoms with Gasteiger partial charge in [-0.3, -0.25) is 9.78 Å². The highest BCUT2D eigenvalue weighted by molar-refractivity contribution is 5.68. The predicted molar refractivity (Wildman–Crippen MR) is 66.4 cm³/mol. The third kappa shape index (κ3) is 3.94. The highest BCUT2D eigenvalue weighted by Crippen LogP contribution is 2.18. The number of aliphatic carboxylic acids is 1. The van der Waals surface area contributed by atoms with E-state index < -0.39 is 5.97 Å². The van der Waals surface area contributed by atoms with Crippen LogP contribution in [0.1, 0.15) is 18.4 Å². The standard InChI is InChI=1S/C13H16N2O4/c16-12(17)4-3-11-8-15(13(18)19-9-11)7-10-2-1-5-14-6-10/h1-2,5-6,11H,3-4,7-9H2,(H,16,17). The lowest BCUT2D eigenvalue weighted by Gasteiger charge is -2.32. The van der Waals surface area contributed by atoms with Crippen LogP contribution < -0.4 is 0 Å². The van der Waals surface area contributed by atoms with Crippen molar-refractivity contribution in [2.75, 3.05) is 13.2 Å². The summed E-state index contributed by atoms with van der Waals surface area (Å²) in [4.78, 5) is 27.8. The van der Waals surface area contributed by atoms with Crippen LogP contribution >= 0.6 is 0 Å². The highest BCUT2D eigenvalue weighted by atomic mass is 16.6. The first-order valence-electron chi connectivity index (χ1n) is 6.17. The highest BCUT2D eigenvalue weighted by Gasteiger charge is 2.27. The van der Waals surface area contributed by atoms with E-state index in [2.05, 4.69) is 4.98 Å². The van der Waals surface area contributed by atoms with Crippen molar-refractivity contribution >= 4 is 12.1 Å². The number of aromatic nitrogens is 1. The molecule has 102 valence electrons. The molecule has 0 aromatic carbocycles. The molecule has 6 heteroatoms. The van der Waals surface area contributed by atoms with Crippen LogP contribution in [0.5, 0.6) is 0 Å². The monoisotopic (exact) mass is 264 g/mol. The van der Waals surface area contributed by atoms with Gasteiger partial charge in [-0.15, -0.1) is 0 Å². The van der Waals surface area contributed by atoms with Crippen LogP contribution in [0.25, 0.3) is 0 Å². The van der Waals surface area contributed by atoms with Gasteiger partial charge >= 0.3 is 12.1 Å². The maximum atomic E-state index is 11.6. The number of carbonyl (C=O) groups is 2. The molecule has 1 unspecified atom stereocenters. The summed E-state index contributed by atoms with van der Waals surface area (Å²) in [7, 11) is 0. The Kier molecular flexibility index (Phi) is 4.33. The van der Waals surface area contributed by atoms with E-state index in [9.17, 15) is 9.59 Å².